The Hall–Kier alpha value is -0.0900. The van der Waals surface area contributed by atoms with Crippen LogP contribution in [0, 0.1) is 23.2 Å². The van der Waals surface area contributed by atoms with Crippen molar-refractivity contribution in [1.29, 1.82) is 0 Å². The zero-order chi connectivity index (χ0) is 15.3. The highest BCUT2D eigenvalue weighted by Gasteiger charge is 2.54. The van der Waals surface area contributed by atoms with Crippen molar-refractivity contribution >= 4 is 9.84 Å². The second kappa shape index (κ2) is 5.52. The summed E-state index contributed by atoms with van der Waals surface area (Å²) < 4.78 is 24.9. The van der Waals surface area contributed by atoms with Gasteiger partial charge in [0.25, 0.3) is 0 Å². The van der Waals surface area contributed by atoms with E-state index in [-0.39, 0.29) is 16.7 Å². The Morgan fingerprint density at radius 1 is 1.05 bits per heavy atom. The molecule has 0 aromatic heterocycles. The van der Waals surface area contributed by atoms with Crippen molar-refractivity contribution < 1.29 is 8.42 Å². The van der Waals surface area contributed by atoms with Gasteiger partial charge in [0, 0.05) is 6.04 Å². The molecule has 4 heteroatoms. The van der Waals surface area contributed by atoms with Crippen molar-refractivity contribution in [3.63, 3.8) is 0 Å². The van der Waals surface area contributed by atoms with Crippen LogP contribution in [0.2, 0.25) is 0 Å². The highest BCUT2D eigenvalue weighted by Crippen LogP contribution is 2.61. The van der Waals surface area contributed by atoms with E-state index in [1.807, 2.05) is 13.8 Å². The van der Waals surface area contributed by atoms with Crippen LogP contribution in [0.1, 0.15) is 59.3 Å². The first-order valence-electron chi connectivity index (χ1n) is 8.79. The monoisotopic (exact) mass is 313 g/mol. The Balaban J connectivity index is 1.83. The van der Waals surface area contributed by atoms with Gasteiger partial charge in [-0.2, -0.15) is 0 Å². The molecule has 4 bridgehead atoms. The molecular formula is C17H31NO2S. The molecule has 1 N–H and O–H groups in total. The third kappa shape index (κ3) is 2.90. The fraction of sp³-hybridized carbons (Fsp3) is 1.00. The highest BCUT2D eigenvalue weighted by molar-refractivity contribution is 7.92. The summed E-state index contributed by atoms with van der Waals surface area (Å²) in [5, 5.41) is 3.31. The maximum absolute atomic E-state index is 12.5. The number of hydrogen-bond donors (Lipinski definition) is 1. The van der Waals surface area contributed by atoms with Crippen LogP contribution in [0.3, 0.4) is 0 Å². The first-order valence-corrected chi connectivity index (χ1v) is 10.5. The maximum atomic E-state index is 12.5. The summed E-state index contributed by atoms with van der Waals surface area (Å²) in [6.07, 6.45) is 8.04. The molecule has 1 atom stereocenters. The zero-order valence-corrected chi connectivity index (χ0v) is 14.6. The summed E-state index contributed by atoms with van der Waals surface area (Å²) in [5.74, 6) is 2.96. The Labute approximate surface area is 130 Å². The molecule has 0 aromatic carbocycles. The lowest BCUT2D eigenvalue weighted by atomic mass is 9.48. The lowest BCUT2D eigenvalue weighted by Gasteiger charge is -2.59. The van der Waals surface area contributed by atoms with Gasteiger partial charge in [-0.05, 0) is 82.1 Å². The largest absolute Gasteiger partial charge is 0.313 e. The molecule has 0 aliphatic heterocycles. The molecule has 1 unspecified atom stereocenters. The number of rotatable bonds is 6. The van der Waals surface area contributed by atoms with Crippen LogP contribution in [0.15, 0.2) is 0 Å². The molecule has 4 rings (SSSR count). The third-order valence-electron chi connectivity index (χ3n) is 6.39. The van der Waals surface area contributed by atoms with Crippen LogP contribution in [0.4, 0.5) is 0 Å². The fourth-order valence-electron chi connectivity index (χ4n) is 5.73. The lowest BCUT2D eigenvalue weighted by Crippen LogP contribution is -2.58. The number of nitrogens with one attached hydrogen (secondary N) is 1. The summed E-state index contributed by atoms with van der Waals surface area (Å²) in [6.45, 7) is 6.62. The van der Waals surface area contributed by atoms with Crippen LogP contribution in [-0.4, -0.2) is 32.0 Å². The van der Waals surface area contributed by atoms with Crippen LogP contribution in [-0.2, 0) is 9.84 Å². The predicted octanol–water partition coefficient (Wildman–Crippen LogP) is 3.00. The Bertz CT molecular complexity index is 448. The summed E-state index contributed by atoms with van der Waals surface area (Å²) in [4.78, 5) is 0. The minimum Gasteiger partial charge on any atom is -0.313 e. The first-order chi connectivity index (χ1) is 9.84. The van der Waals surface area contributed by atoms with Crippen LogP contribution in [0.5, 0.6) is 0 Å². The average molecular weight is 314 g/mol. The quantitative estimate of drug-likeness (QED) is 0.820. The van der Waals surface area contributed by atoms with Gasteiger partial charge in [0.05, 0.1) is 11.0 Å². The van der Waals surface area contributed by atoms with Crippen LogP contribution < -0.4 is 5.32 Å². The van der Waals surface area contributed by atoms with Crippen molar-refractivity contribution in [1.82, 2.24) is 5.32 Å². The molecule has 4 saturated carbocycles. The van der Waals surface area contributed by atoms with Gasteiger partial charge in [0.2, 0.25) is 0 Å². The molecule has 0 spiro atoms. The van der Waals surface area contributed by atoms with E-state index < -0.39 is 9.84 Å². The van der Waals surface area contributed by atoms with E-state index in [4.69, 9.17) is 0 Å². The van der Waals surface area contributed by atoms with Gasteiger partial charge in [0.15, 0.2) is 9.84 Å². The van der Waals surface area contributed by atoms with Crippen molar-refractivity contribution in [3.05, 3.63) is 0 Å². The summed E-state index contributed by atoms with van der Waals surface area (Å²) >= 11 is 0. The number of sulfone groups is 1. The topological polar surface area (TPSA) is 46.2 Å². The van der Waals surface area contributed by atoms with E-state index in [0.717, 1.165) is 24.3 Å². The van der Waals surface area contributed by atoms with E-state index in [2.05, 4.69) is 12.2 Å². The van der Waals surface area contributed by atoms with Gasteiger partial charge in [-0.1, -0.05) is 6.92 Å². The molecule has 0 heterocycles. The molecule has 21 heavy (non-hydrogen) atoms. The Kier molecular flexibility index (Phi) is 4.15. The predicted molar refractivity (Wildman–Crippen MR) is 87.0 cm³/mol. The molecule has 4 fully saturated rings. The summed E-state index contributed by atoms with van der Waals surface area (Å²) in [5.41, 5.74) is 0.271. The lowest BCUT2D eigenvalue weighted by molar-refractivity contribution is -0.0694. The molecule has 0 radical (unpaired) electrons. The minimum atomic E-state index is -2.98. The molecular weight excluding hydrogens is 282 g/mol. The molecule has 0 saturated heterocycles. The normalized spacial score (nSPS) is 39.9. The molecule has 4 aliphatic rings. The van der Waals surface area contributed by atoms with Crippen molar-refractivity contribution in [2.75, 3.05) is 12.3 Å². The molecule has 3 nitrogen and oxygen atoms in total. The molecule has 122 valence electrons. The third-order valence-corrected chi connectivity index (χ3v) is 8.63. The van der Waals surface area contributed by atoms with Gasteiger partial charge in [-0.15, -0.1) is 0 Å². The van der Waals surface area contributed by atoms with Crippen molar-refractivity contribution in [3.8, 4) is 0 Å². The van der Waals surface area contributed by atoms with E-state index in [1.165, 1.54) is 38.5 Å². The second-order valence-corrected chi connectivity index (χ2v) is 10.9. The number of hydrogen-bond acceptors (Lipinski definition) is 3. The van der Waals surface area contributed by atoms with Crippen molar-refractivity contribution in [2.45, 2.75) is 70.6 Å². The van der Waals surface area contributed by atoms with Gasteiger partial charge in [-0.3, -0.25) is 0 Å². The van der Waals surface area contributed by atoms with E-state index in [9.17, 15) is 8.42 Å². The van der Waals surface area contributed by atoms with Crippen molar-refractivity contribution in [2.24, 2.45) is 23.2 Å². The highest BCUT2D eigenvalue weighted by atomic mass is 32.2. The fourth-order valence-corrected chi connectivity index (χ4v) is 7.05. The van der Waals surface area contributed by atoms with Gasteiger partial charge < -0.3 is 5.32 Å². The molecule has 0 aromatic rings. The Morgan fingerprint density at radius 2 is 1.52 bits per heavy atom. The zero-order valence-electron chi connectivity index (χ0n) is 13.8. The standard InChI is InChI=1S/C17H31NO2S/c1-4-18-16(11-21(19,20)12(2)3)17-8-13-5-14(9-17)7-15(6-13)10-17/h12-16,18H,4-11H2,1-3H3. The van der Waals surface area contributed by atoms with Gasteiger partial charge >= 0.3 is 0 Å². The average Bonchev–Trinajstić information content (AvgIpc) is 2.36. The SMILES string of the molecule is CCNC(CS(=O)(=O)C(C)C)C12CC3CC(CC(C3)C1)C2. The Morgan fingerprint density at radius 3 is 1.90 bits per heavy atom. The first kappa shape index (κ1) is 15.8. The second-order valence-electron chi connectivity index (χ2n) is 8.27. The molecule has 4 aliphatic carbocycles. The smallest absolute Gasteiger partial charge is 0.154 e. The maximum Gasteiger partial charge on any atom is 0.154 e. The minimum absolute atomic E-state index is 0.170. The van der Waals surface area contributed by atoms with E-state index in [1.54, 1.807) is 0 Å². The summed E-state index contributed by atoms with van der Waals surface area (Å²) in [6, 6.07) is 0.170. The van der Waals surface area contributed by atoms with E-state index >= 15 is 0 Å². The summed E-state index contributed by atoms with van der Waals surface area (Å²) in [7, 11) is -2.98. The molecule has 0 amide bonds. The van der Waals surface area contributed by atoms with Crippen LogP contribution >= 0.6 is 0 Å². The van der Waals surface area contributed by atoms with Gasteiger partial charge in [0.1, 0.15) is 0 Å². The van der Waals surface area contributed by atoms with Crippen LogP contribution in [0.25, 0.3) is 0 Å². The van der Waals surface area contributed by atoms with Gasteiger partial charge in [-0.25, -0.2) is 8.42 Å². The van der Waals surface area contributed by atoms with E-state index in [0.29, 0.717) is 5.75 Å².